The summed E-state index contributed by atoms with van der Waals surface area (Å²) in [5.74, 6) is -0.333. The van der Waals surface area contributed by atoms with Crippen LogP contribution in [0.4, 0.5) is 0 Å². The van der Waals surface area contributed by atoms with Crippen molar-refractivity contribution in [3.63, 3.8) is 0 Å². The van der Waals surface area contributed by atoms with E-state index in [1.807, 2.05) is 48.5 Å². The van der Waals surface area contributed by atoms with Crippen LogP contribution in [-0.2, 0) is 4.79 Å². The molecule has 0 heterocycles. The van der Waals surface area contributed by atoms with Crippen molar-refractivity contribution in [1.82, 2.24) is 5.32 Å². The molecule has 1 N–H and O–H groups in total. The number of amides is 1. The van der Waals surface area contributed by atoms with Gasteiger partial charge in [0, 0.05) is 12.5 Å². The Balaban J connectivity index is 2.33. The molecule has 1 unspecified atom stereocenters. The van der Waals surface area contributed by atoms with Crippen molar-refractivity contribution in [2.75, 3.05) is 0 Å². The van der Waals surface area contributed by atoms with Crippen LogP contribution in [0.25, 0.3) is 0 Å². The molecule has 1 atom stereocenters. The predicted octanol–water partition coefficient (Wildman–Crippen LogP) is 2.75. The van der Waals surface area contributed by atoms with Crippen molar-refractivity contribution in [2.24, 2.45) is 0 Å². The number of rotatable bonds is 4. The fourth-order valence-electron chi connectivity index (χ4n) is 1.92. The van der Waals surface area contributed by atoms with E-state index in [2.05, 4.69) is 5.32 Å². The number of hydrogen-bond acceptors (Lipinski definition) is 2. The SMILES string of the molecule is CC(=O)NC(C(=O)c1ccccc1)c1ccccc1. The summed E-state index contributed by atoms with van der Waals surface area (Å²) in [4.78, 5) is 23.8. The third kappa shape index (κ3) is 3.28. The number of carbonyl (C=O) groups excluding carboxylic acids is 2. The van der Waals surface area contributed by atoms with Gasteiger partial charge in [-0.15, -0.1) is 0 Å². The summed E-state index contributed by atoms with van der Waals surface area (Å²) in [6, 6.07) is 17.6. The molecular weight excluding hydrogens is 238 g/mol. The zero-order valence-electron chi connectivity index (χ0n) is 10.7. The molecule has 0 aliphatic carbocycles. The highest BCUT2D eigenvalue weighted by Gasteiger charge is 2.22. The minimum atomic E-state index is -0.638. The molecule has 2 aromatic rings. The molecule has 0 saturated heterocycles. The van der Waals surface area contributed by atoms with E-state index >= 15 is 0 Å². The van der Waals surface area contributed by atoms with Crippen LogP contribution in [0.15, 0.2) is 60.7 Å². The first kappa shape index (κ1) is 13.0. The third-order valence-electron chi connectivity index (χ3n) is 2.80. The van der Waals surface area contributed by atoms with Crippen LogP contribution in [0.1, 0.15) is 28.9 Å². The normalized spacial score (nSPS) is 11.6. The second-order valence-electron chi connectivity index (χ2n) is 4.27. The smallest absolute Gasteiger partial charge is 0.217 e. The fraction of sp³-hybridized carbons (Fsp3) is 0.125. The average Bonchev–Trinajstić information content (AvgIpc) is 2.46. The predicted molar refractivity (Wildman–Crippen MR) is 73.8 cm³/mol. The Morgan fingerprint density at radius 3 is 1.95 bits per heavy atom. The molecule has 2 rings (SSSR count). The molecule has 0 radical (unpaired) electrons. The van der Waals surface area contributed by atoms with E-state index in [1.54, 1.807) is 12.1 Å². The van der Waals surface area contributed by atoms with Gasteiger partial charge < -0.3 is 5.32 Å². The molecule has 0 spiro atoms. The van der Waals surface area contributed by atoms with Crippen molar-refractivity contribution in [1.29, 1.82) is 0 Å². The number of benzene rings is 2. The summed E-state index contributed by atoms with van der Waals surface area (Å²) in [6.45, 7) is 1.41. The summed E-state index contributed by atoms with van der Waals surface area (Å²) < 4.78 is 0. The van der Waals surface area contributed by atoms with Gasteiger partial charge in [0.15, 0.2) is 5.78 Å². The highest BCUT2D eigenvalue weighted by molar-refractivity contribution is 6.02. The van der Waals surface area contributed by atoms with E-state index in [-0.39, 0.29) is 11.7 Å². The lowest BCUT2D eigenvalue weighted by molar-refractivity contribution is -0.119. The number of carbonyl (C=O) groups is 2. The van der Waals surface area contributed by atoms with E-state index in [4.69, 9.17) is 0 Å². The van der Waals surface area contributed by atoms with Crippen LogP contribution in [0.3, 0.4) is 0 Å². The highest BCUT2D eigenvalue weighted by atomic mass is 16.2. The minimum Gasteiger partial charge on any atom is -0.342 e. The van der Waals surface area contributed by atoms with Gasteiger partial charge in [-0.1, -0.05) is 60.7 Å². The Hall–Kier alpha value is -2.42. The van der Waals surface area contributed by atoms with Gasteiger partial charge in [0.25, 0.3) is 0 Å². The lowest BCUT2D eigenvalue weighted by atomic mass is 9.97. The van der Waals surface area contributed by atoms with Gasteiger partial charge in [0.05, 0.1) is 0 Å². The first-order chi connectivity index (χ1) is 9.18. The van der Waals surface area contributed by atoms with Crippen molar-refractivity contribution >= 4 is 11.7 Å². The maximum absolute atomic E-state index is 12.5. The van der Waals surface area contributed by atoms with Gasteiger partial charge in [-0.05, 0) is 5.56 Å². The number of ketones is 1. The Morgan fingerprint density at radius 2 is 1.42 bits per heavy atom. The van der Waals surface area contributed by atoms with Crippen molar-refractivity contribution < 1.29 is 9.59 Å². The number of hydrogen-bond donors (Lipinski definition) is 1. The fourth-order valence-corrected chi connectivity index (χ4v) is 1.92. The molecule has 0 fully saturated rings. The second kappa shape index (κ2) is 5.96. The summed E-state index contributed by atoms with van der Waals surface area (Å²) in [7, 11) is 0. The van der Waals surface area contributed by atoms with E-state index in [0.29, 0.717) is 5.56 Å². The summed E-state index contributed by atoms with van der Waals surface area (Å²) in [5.41, 5.74) is 1.37. The number of nitrogens with one attached hydrogen (secondary N) is 1. The van der Waals surface area contributed by atoms with Gasteiger partial charge in [0.1, 0.15) is 6.04 Å². The van der Waals surface area contributed by atoms with Gasteiger partial charge in [-0.25, -0.2) is 0 Å². The maximum atomic E-state index is 12.5. The maximum Gasteiger partial charge on any atom is 0.217 e. The van der Waals surface area contributed by atoms with Gasteiger partial charge in [-0.2, -0.15) is 0 Å². The molecular formula is C16H15NO2. The van der Waals surface area contributed by atoms with Crippen LogP contribution in [0.2, 0.25) is 0 Å². The average molecular weight is 253 g/mol. The molecule has 0 bridgehead atoms. The largest absolute Gasteiger partial charge is 0.342 e. The Kier molecular flexibility index (Phi) is 4.08. The molecule has 0 aliphatic heterocycles. The standard InChI is InChI=1S/C16H15NO2/c1-12(18)17-15(13-8-4-2-5-9-13)16(19)14-10-6-3-7-11-14/h2-11,15H,1H3,(H,17,18). The van der Waals surface area contributed by atoms with Gasteiger partial charge in [0.2, 0.25) is 5.91 Å². The minimum absolute atomic E-state index is 0.109. The summed E-state index contributed by atoms with van der Waals surface area (Å²) >= 11 is 0. The van der Waals surface area contributed by atoms with Crippen LogP contribution in [0, 0.1) is 0 Å². The van der Waals surface area contributed by atoms with E-state index in [1.165, 1.54) is 6.92 Å². The van der Waals surface area contributed by atoms with Gasteiger partial charge >= 0.3 is 0 Å². The zero-order valence-corrected chi connectivity index (χ0v) is 10.7. The molecule has 0 aliphatic rings. The zero-order chi connectivity index (χ0) is 13.7. The van der Waals surface area contributed by atoms with Crippen LogP contribution in [-0.4, -0.2) is 11.7 Å². The lowest BCUT2D eigenvalue weighted by Crippen LogP contribution is -2.32. The summed E-state index contributed by atoms with van der Waals surface area (Å²) in [6.07, 6.45) is 0. The van der Waals surface area contributed by atoms with Crippen LogP contribution < -0.4 is 5.32 Å². The monoisotopic (exact) mass is 253 g/mol. The molecule has 3 nitrogen and oxygen atoms in total. The van der Waals surface area contributed by atoms with E-state index < -0.39 is 6.04 Å². The van der Waals surface area contributed by atoms with Gasteiger partial charge in [-0.3, -0.25) is 9.59 Å². The first-order valence-electron chi connectivity index (χ1n) is 6.10. The number of Topliss-reactive ketones (excluding diaryl/α,β-unsaturated/α-hetero) is 1. The quantitative estimate of drug-likeness (QED) is 0.852. The van der Waals surface area contributed by atoms with Crippen LogP contribution in [0.5, 0.6) is 0 Å². The Morgan fingerprint density at radius 1 is 0.895 bits per heavy atom. The van der Waals surface area contributed by atoms with E-state index in [9.17, 15) is 9.59 Å². The molecule has 0 aromatic heterocycles. The molecule has 19 heavy (non-hydrogen) atoms. The topological polar surface area (TPSA) is 46.2 Å². The lowest BCUT2D eigenvalue weighted by Gasteiger charge is -2.17. The van der Waals surface area contributed by atoms with Crippen LogP contribution >= 0.6 is 0 Å². The molecule has 2 aromatic carbocycles. The van der Waals surface area contributed by atoms with Crippen molar-refractivity contribution in [3.8, 4) is 0 Å². The Bertz CT molecular complexity index is 564. The molecule has 3 heteroatoms. The van der Waals surface area contributed by atoms with E-state index in [0.717, 1.165) is 5.56 Å². The van der Waals surface area contributed by atoms with Crippen molar-refractivity contribution in [3.05, 3.63) is 71.8 Å². The van der Waals surface area contributed by atoms with Crippen molar-refractivity contribution in [2.45, 2.75) is 13.0 Å². The molecule has 96 valence electrons. The highest BCUT2D eigenvalue weighted by Crippen LogP contribution is 2.18. The first-order valence-corrected chi connectivity index (χ1v) is 6.10. The summed E-state index contributed by atoms with van der Waals surface area (Å²) in [5, 5.41) is 2.71. The third-order valence-corrected chi connectivity index (χ3v) is 2.80. The Labute approximate surface area is 112 Å². The molecule has 1 amide bonds. The second-order valence-corrected chi connectivity index (χ2v) is 4.27. The molecule has 0 saturated carbocycles.